The van der Waals surface area contributed by atoms with Gasteiger partial charge in [0.2, 0.25) is 0 Å². The van der Waals surface area contributed by atoms with Crippen LogP contribution in [0.5, 0.6) is 0 Å². The Morgan fingerprint density at radius 1 is 1.17 bits per heavy atom. The highest BCUT2D eigenvalue weighted by Crippen LogP contribution is 2.42. The number of halogens is 1. The molecule has 1 aliphatic heterocycles. The standard InChI is InChI=1S/C23H25ClN2O2S/c1-2-16-15-18(23(29-16)25-22(27)20-11-8-14-28-20)21(26-12-6-3-7-13-26)17-9-4-5-10-19(17)24/h4-5,8-11,14-15,21H,2-3,6-7,12-13H2,1H3,(H,25,27). The lowest BCUT2D eigenvalue weighted by Crippen LogP contribution is -2.34. The average molecular weight is 429 g/mol. The van der Waals surface area contributed by atoms with Crippen molar-refractivity contribution in [1.82, 2.24) is 4.90 Å². The first kappa shape index (κ1) is 20.2. The van der Waals surface area contributed by atoms with Crippen molar-refractivity contribution < 1.29 is 9.21 Å². The van der Waals surface area contributed by atoms with Crippen LogP contribution in [0.25, 0.3) is 0 Å². The Kier molecular flexibility index (Phi) is 6.38. The lowest BCUT2D eigenvalue weighted by molar-refractivity contribution is 0.0996. The highest BCUT2D eigenvalue weighted by atomic mass is 35.5. The summed E-state index contributed by atoms with van der Waals surface area (Å²) in [5.41, 5.74) is 2.20. The number of piperidine rings is 1. The minimum atomic E-state index is -0.225. The van der Waals surface area contributed by atoms with Gasteiger partial charge in [0.15, 0.2) is 5.76 Å². The number of amides is 1. The summed E-state index contributed by atoms with van der Waals surface area (Å²) in [5, 5.41) is 4.73. The zero-order valence-electron chi connectivity index (χ0n) is 16.5. The number of nitrogens with zero attached hydrogens (tertiary/aromatic N) is 1. The van der Waals surface area contributed by atoms with E-state index in [-0.39, 0.29) is 11.9 Å². The van der Waals surface area contributed by atoms with E-state index in [1.54, 1.807) is 23.5 Å². The number of carbonyl (C=O) groups is 1. The monoisotopic (exact) mass is 428 g/mol. The van der Waals surface area contributed by atoms with Crippen LogP contribution in [0, 0.1) is 0 Å². The molecule has 1 aromatic carbocycles. The van der Waals surface area contributed by atoms with Gasteiger partial charge in [-0.2, -0.15) is 0 Å². The van der Waals surface area contributed by atoms with Crippen molar-refractivity contribution in [2.24, 2.45) is 0 Å². The summed E-state index contributed by atoms with van der Waals surface area (Å²) < 4.78 is 5.28. The molecule has 3 heterocycles. The summed E-state index contributed by atoms with van der Waals surface area (Å²) in [6.45, 7) is 4.19. The van der Waals surface area contributed by atoms with Gasteiger partial charge in [0.05, 0.1) is 12.3 Å². The summed E-state index contributed by atoms with van der Waals surface area (Å²) in [6.07, 6.45) is 6.06. The summed E-state index contributed by atoms with van der Waals surface area (Å²) in [5.74, 6) is 0.0898. The first-order valence-corrected chi connectivity index (χ1v) is 11.3. The fourth-order valence-electron chi connectivity index (χ4n) is 3.94. The highest BCUT2D eigenvalue weighted by Gasteiger charge is 2.29. The van der Waals surface area contributed by atoms with Crippen LogP contribution in [-0.4, -0.2) is 23.9 Å². The van der Waals surface area contributed by atoms with Gasteiger partial charge in [0.25, 0.3) is 5.91 Å². The summed E-state index contributed by atoms with van der Waals surface area (Å²) in [7, 11) is 0. The Labute approximate surface area is 180 Å². The third kappa shape index (κ3) is 4.42. The number of carbonyl (C=O) groups excluding carboxylic acids is 1. The second kappa shape index (κ2) is 9.16. The molecule has 29 heavy (non-hydrogen) atoms. The number of furan rings is 1. The quantitative estimate of drug-likeness (QED) is 0.495. The summed E-state index contributed by atoms with van der Waals surface area (Å²) >= 11 is 8.28. The second-order valence-corrected chi connectivity index (χ2v) is 8.85. The predicted octanol–water partition coefficient (Wildman–Crippen LogP) is 6.38. The molecule has 2 aromatic heterocycles. The third-order valence-electron chi connectivity index (χ3n) is 5.38. The van der Waals surface area contributed by atoms with Gasteiger partial charge in [-0.25, -0.2) is 0 Å². The molecule has 1 unspecified atom stereocenters. The maximum Gasteiger partial charge on any atom is 0.291 e. The molecule has 4 rings (SSSR count). The topological polar surface area (TPSA) is 45.5 Å². The lowest BCUT2D eigenvalue weighted by Gasteiger charge is -2.35. The van der Waals surface area contributed by atoms with E-state index < -0.39 is 0 Å². The average Bonchev–Trinajstić information content (AvgIpc) is 3.41. The zero-order chi connectivity index (χ0) is 20.2. The van der Waals surface area contributed by atoms with Crippen LogP contribution in [0.4, 0.5) is 5.00 Å². The van der Waals surface area contributed by atoms with Crippen molar-refractivity contribution in [1.29, 1.82) is 0 Å². The molecule has 3 aromatic rings. The largest absolute Gasteiger partial charge is 0.459 e. The number of likely N-dealkylation sites (tertiary alicyclic amines) is 1. The molecule has 4 nitrogen and oxygen atoms in total. The van der Waals surface area contributed by atoms with Crippen molar-refractivity contribution in [3.63, 3.8) is 0 Å². The molecule has 0 bridgehead atoms. The van der Waals surface area contributed by atoms with Crippen LogP contribution in [0.3, 0.4) is 0 Å². The van der Waals surface area contributed by atoms with Crippen LogP contribution in [0.2, 0.25) is 5.02 Å². The first-order valence-electron chi connectivity index (χ1n) is 10.1. The van der Waals surface area contributed by atoms with Gasteiger partial charge >= 0.3 is 0 Å². The molecule has 1 fully saturated rings. The smallest absolute Gasteiger partial charge is 0.291 e. The van der Waals surface area contributed by atoms with Crippen LogP contribution in [0.1, 0.15) is 58.8 Å². The maximum atomic E-state index is 12.7. The van der Waals surface area contributed by atoms with Gasteiger partial charge in [0.1, 0.15) is 5.00 Å². The fraction of sp³-hybridized carbons (Fsp3) is 0.348. The molecule has 0 radical (unpaired) electrons. The molecule has 1 atom stereocenters. The Morgan fingerprint density at radius 3 is 2.66 bits per heavy atom. The molecule has 1 aliphatic rings. The minimum Gasteiger partial charge on any atom is -0.459 e. The van der Waals surface area contributed by atoms with Crippen LogP contribution in [0.15, 0.2) is 53.1 Å². The lowest BCUT2D eigenvalue weighted by atomic mass is 9.95. The molecular formula is C23H25ClN2O2S. The number of benzene rings is 1. The van der Waals surface area contributed by atoms with Gasteiger partial charge in [0, 0.05) is 15.5 Å². The van der Waals surface area contributed by atoms with Crippen molar-refractivity contribution >= 4 is 33.8 Å². The van der Waals surface area contributed by atoms with E-state index in [0.717, 1.165) is 40.7 Å². The molecule has 152 valence electrons. The molecular weight excluding hydrogens is 404 g/mol. The maximum absolute atomic E-state index is 12.7. The SMILES string of the molecule is CCc1cc(C(c2ccccc2Cl)N2CCCCC2)c(NC(=O)c2ccco2)s1. The van der Waals surface area contributed by atoms with Gasteiger partial charge in [-0.3, -0.25) is 9.69 Å². The van der Waals surface area contributed by atoms with E-state index >= 15 is 0 Å². The van der Waals surface area contributed by atoms with E-state index in [9.17, 15) is 4.79 Å². The normalized spacial score (nSPS) is 15.9. The number of hydrogen-bond acceptors (Lipinski definition) is 4. The van der Waals surface area contributed by atoms with Crippen molar-refractivity contribution in [3.8, 4) is 0 Å². The first-order chi connectivity index (χ1) is 14.2. The van der Waals surface area contributed by atoms with Crippen molar-refractivity contribution in [2.45, 2.75) is 38.6 Å². The van der Waals surface area contributed by atoms with Gasteiger partial charge in [-0.1, -0.05) is 43.1 Å². The molecule has 1 N–H and O–H groups in total. The van der Waals surface area contributed by atoms with E-state index in [0.29, 0.717) is 5.76 Å². The highest BCUT2D eigenvalue weighted by molar-refractivity contribution is 7.16. The number of thiophene rings is 1. The Morgan fingerprint density at radius 2 is 1.97 bits per heavy atom. The zero-order valence-corrected chi connectivity index (χ0v) is 18.1. The number of aryl methyl sites for hydroxylation is 1. The molecule has 1 saturated heterocycles. The molecule has 1 amide bonds. The molecule has 0 spiro atoms. The van der Waals surface area contributed by atoms with Crippen molar-refractivity contribution in [3.05, 3.63) is 75.5 Å². The van der Waals surface area contributed by atoms with Crippen LogP contribution < -0.4 is 5.32 Å². The fourth-order valence-corrected chi connectivity index (χ4v) is 5.20. The molecule has 0 saturated carbocycles. The number of nitrogens with one attached hydrogen (secondary N) is 1. The minimum absolute atomic E-state index is 0.0208. The van der Waals surface area contributed by atoms with E-state index in [2.05, 4.69) is 29.3 Å². The van der Waals surface area contributed by atoms with E-state index in [1.165, 1.54) is 30.4 Å². The summed E-state index contributed by atoms with van der Waals surface area (Å²) in [6, 6.07) is 13.7. The van der Waals surface area contributed by atoms with Crippen LogP contribution in [-0.2, 0) is 6.42 Å². The number of anilines is 1. The van der Waals surface area contributed by atoms with E-state index in [1.807, 2.05) is 18.2 Å². The van der Waals surface area contributed by atoms with E-state index in [4.69, 9.17) is 16.0 Å². The summed E-state index contributed by atoms with van der Waals surface area (Å²) in [4.78, 5) is 16.4. The predicted molar refractivity (Wildman–Crippen MR) is 119 cm³/mol. The molecule has 6 heteroatoms. The Hall–Kier alpha value is -2.08. The Bertz CT molecular complexity index is 961. The second-order valence-electron chi connectivity index (χ2n) is 7.30. The number of hydrogen-bond donors (Lipinski definition) is 1. The third-order valence-corrected chi connectivity index (χ3v) is 6.94. The van der Waals surface area contributed by atoms with Gasteiger partial charge in [-0.15, -0.1) is 11.3 Å². The van der Waals surface area contributed by atoms with Crippen molar-refractivity contribution in [2.75, 3.05) is 18.4 Å². The number of rotatable bonds is 6. The van der Waals surface area contributed by atoms with Crippen LogP contribution >= 0.6 is 22.9 Å². The molecule has 0 aliphatic carbocycles. The van der Waals surface area contributed by atoms with Gasteiger partial charge in [-0.05, 0) is 62.2 Å². The van der Waals surface area contributed by atoms with Gasteiger partial charge < -0.3 is 9.73 Å². The Balaban J connectivity index is 1.76.